The van der Waals surface area contributed by atoms with Gasteiger partial charge in [0.05, 0.1) is 16.9 Å². The fourth-order valence-electron chi connectivity index (χ4n) is 3.08. The highest BCUT2D eigenvalue weighted by atomic mass is 16.3. The van der Waals surface area contributed by atoms with Crippen LogP contribution in [0.5, 0.6) is 5.75 Å². The van der Waals surface area contributed by atoms with Gasteiger partial charge in [-0.2, -0.15) is 10.4 Å². The number of anilines is 1. The molecule has 4 N–H and O–H groups in total. The van der Waals surface area contributed by atoms with Crippen molar-refractivity contribution in [2.45, 2.75) is 26.7 Å². The number of nitrogens with zero attached hydrogens (tertiary/aromatic N) is 3. The molecule has 0 spiro atoms. The minimum atomic E-state index is -0.333. The molecule has 0 aliphatic carbocycles. The van der Waals surface area contributed by atoms with E-state index in [0.717, 1.165) is 11.3 Å². The highest BCUT2D eigenvalue weighted by Gasteiger charge is 2.17. The lowest BCUT2D eigenvalue weighted by molar-refractivity contribution is 0.0950. The molecule has 0 radical (unpaired) electrons. The van der Waals surface area contributed by atoms with Crippen LogP contribution in [0.2, 0.25) is 0 Å². The number of phenolic OH excluding ortho intramolecular Hbond substituents is 1. The Hall–Kier alpha value is -3.79. The molecule has 0 aliphatic heterocycles. The van der Waals surface area contributed by atoms with Gasteiger partial charge < -0.3 is 16.2 Å². The van der Waals surface area contributed by atoms with Gasteiger partial charge in [-0.1, -0.05) is 24.3 Å². The van der Waals surface area contributed by atoms with Crippen LogP contribution >= 0.6 is 0 Å². The van der Waals surface area contributed by atoms with Crippen molar-refractivity contribution >= 4 is 11.7 Å². The number of benzene rings is 2. The quantitative estimate of drug-likeness (QED) is 0.560. The zero-order valence-electron chi connectivity index (χ0n) is 16.4. The van der Waals surface area contributed by atoms with Crippen molar-refractivity contribution in [3.8, 4) is 17.5 Å². The fourth-order valence-corrected chi connectivity index (χ4v) is 3.08. The van der Waals surface area contributed by atoms with Gasteiger partial charge >= 0.3 is 0 Å². The third-order valence-electron chi connectivity index (χ3n) is 4.93. The van der Waals surface area contributed by atoms with Crippen molar-refractivity contribution in [2.24, 2.45) is 0 Å². The van der Waals surface area contributed by atoms with E-state index in [4.69, 9.17) is 5.73 Å². The van der Waals surface area contributed by atoms with Gasteiger partial charge in [0.1, 0.15) is 23.2 Å². The molecule has 0 bridgehead atoms. The molecule has 0 fully saturated rings. The number of aromatic hydroxyl groups is 1. The SMILES string of the molecule is Cc1ccc(C(=O)NCCCc2nn(-c3ccccc3)c(N)c2C#N)c(O)c1C. The van der Waals surface area contributed by atoms with Crippen molar-refractivity contribution in [2.75, 3.05) is 12.3 Å². The predicted molar refractivity (Wildman–Crippen MR) is 111 cm³/mol. The Bertz CT molecular complexity index is 1080. The molecule has 3 rings (SSSR count). The summed E-state index contributed by atoms with van der Waals surface area (Å²) in [5.74, 6) is -0.0260. The van der Waals surface area contributed by atoms with Gasteiger partial charge in [-0.3, -0.25) is 4.79 Å². The lowest BCUT2D eigenvalue weighted by Gasteiger charge is -2.10. The maximum atomic E-state index is 12.3. The van der Waals surface area contributed by atoms with Crippen LogP contribution in [-0.4, -0.2) is 27.3 Å². The molecule has 0 aliphatic rings. The lowest BCUT2D eigenvalue weighted by atomic mass is 10.0. The summed E-state index contributed by atoms with van der Waals surface area (Å²) in [5, 5.41) is 26.9. The third kappa shape index (κ3) is 4.06. The number of aryl methyl sites for hydroxylation is 2. The number of carbonyl (C=O) groups excluding carboxylic acids is 1. The van der Waals surface area contributed by atoms with E-state index >= 15 is 0 Å². The molecule has 7 heteroatoms. The van der Waals surface area contributed by atoms with Gasteiger partial charge in [0, 0.05) is 6.54 Å². The molecule has 0 saturated carbocycles. The average molecular weight is 389 g/mol. The fraction of sp³-hybridized carbons (Fsp3) is 0.227. The number of phenols is 1. The van der Waals surface area contributed by atoms with Crippen LogP contribution in [0.4, 0.5) is 5.82 Å². The maximum Gasteiger partial charge on any atom is 0.255 e. The summed E-state index contributed by atoms with van der Waals surface area (Å²) in [5.41, 5.74) is 9.70. The first-order valence-electron chi connectivity index (χ1n) is 9.34. The molecule has 0 atom stereocenters. The van der Waals surface area contributed by atoms with Crippen molar-refractivity contribution in [1.29, 1.82) is 5.26 Å². The monoisotopic (exact) mass is 389 g/mol. The Labute approximate surface area is 169 Å². The Balaban J connectivity index is 1.65. The molecular formula is C22H23N5O2. The van der Waals surface area contributed by atoms with Gasteiger partial charge in [0.2, 0.25) is 0 Å². The number of rotatable bonds is 6. The van der Waals surface area contributed by atoms with E-state index in [-0.39, 0.29) is 17.2 Å². The first-order chi connectivity index (χ1) is 13.9. The van der Waals surface area contributed by atoms with Gasteiger partial charge in [-0.25, -0.2) is 4.68 Å². The molecule has 1 aromatic heterocycles. The molecule has 1 amide bonds. The highest BCUT2D eigenvalue weighted by Crippen LogP contribution is 2.25. The number of amides is 1. The zero-order valence-corrected chi connectivity index (χ0v) is 16.4. The lowest BCUT2D eigenvalue weighted by Crippen LogP contribution is -2.25. The summed E-state index contributed by atoms with van der Waals surface area (Å²) in [6.45, 7) is 4.04. The number of nitriles is 1. The van der Waals surface area contributed by atoms with Gasteiger partial charge in [0.15, 0.2) is 0 Å². The second kappa shape index (κ2) is 8.48. The van der Waals surface area contributed by atoms with Crippen LogP contribution in [0.1, 0.15) is 39.2 Å². The first kappa shape index (κ1) is 20.0. The van der Waals surface area contributed by atoms with E-state index in [1.54, 1.807) is 17.7 Å². The number of hydrogen-bond acceptors (Lipinski definition) is 5. The number of nitrogen functional groups attached to an aromatic ring is 1. The van der Waals surface area contributed by atoms with Crippen LogP contribution in [0.25, 0.3) is 5.69 Å². The molecule has 2 aromatic carbocycles. The average Bonchev–Trinajstić information content (AvgIpc) is 3.05. The maximum absolute atomic E-state index is 12.3. The minimum absolute atomic E-state index is 0.00337. The number of para-hydroxylation sites is 1. The molecule has 29 heavy (non-hydrogen) atoms. The Kier molecular flexibility index (Phi) is 5.84. The molecular weight excluding hydrogens is 366 g/mol. The van der Waals surface area contributed by atoms with E-state index in [1.807, 2.05) is 43.3 Å². The Morgan fingerprint density at radius 1 is 1.24 bits per heavy atom. The van der Waals surface area contributed by atoms with E-state index < -0.39 is 0 Å². The summed E-state index contributed by atoms with van der Waals surface area (Å²) in [6.07, 6.45) is 1.07. The summed E-state index contributed by atoms with van der Waals surface area (Å²) in [7, 11) is 0. The number of hydrogen-bond donors (Lipinski definition) is 3. The largest absolute Gasteiger partial charge is 0.507 e. The first-order valence-corrected chi connectivity index (χ1v) is 9.34. The van der Waals surface area contributed by atoms with E-state index in [0.29, 0.717) is 42.0 Å². The molecule has 148 valence electrons. The minimum Gasteiger partial charge on any atom is -0.507 e. The normalized spacial score (nSPS) is 10.5. The topological polar surface area (TPSA) is 117 Å². The second-order valence-corrected chi connectivity index (χ2v) is 6.83. The summed E-state index contributed by atoms with van der Waals surface area (Å²) in [6, 6.07) is 14.9. The number of aromatic nitrogens is 2. The van der Waals surface area contributed by atoms with Crippen molar-refractivity contribution in [3.05, 3.63) is 70.4 Å². The molecule has 0 saturated heterocycles. The molecule has 7 nitrogen and oxygen atoms in total. The highest BCUT2D eigenvalue weighted by molar-refractivity contribution is 5.97. The number of carbonyl (C=O) groups is 1. The van der Waals surface area contributed by atoms with Gasteiger partial charge in [0.25, 0.3) is 5.91 Å². The summed E-state index contributed by atoms with van der Waals surface area (Å²) >= 11 is 0. The van der Waals surface area contributed by atoms with Crippen LogP contribution in [-0.2, 0) is 6.42 Å². The van der Waals surface area contributed by atoms with Gasteiger partial charge in [-0.05, 0) is 56.0 Å². The van der Waals surface area contributed by atoms with Crippen molar-refractivity contribution in [1.82, 2.24) is 15.1 Å². The Morgan fingerprint density at radius 2 is 1.97 bits per heavy atom. The molecule has 0 unspecified atom stereocenters. The zero-order chi connectivity index (χ0) is 21.0. The van der Waals surface area contributed by atoms with Crippen LogP contribution in [0, 0.1) is 25.2 Å². The van der Waals surface area contributed by atoms with E-state index in [9.17, 15) is 15.2 Å². The van der Waals surface area contributed by atoms with Crippen molar-refractivity contribution in [3.63, 3.8) is 0 Å². The van der Waals surface area contributed by atoms with Gasteiger partial charge in [-0.15, -0.1) is 0 Å². The molecule has 3 aromatic rings. The standard InChI is InChI=1S/C22H23N5O2/c1-14-10-11-17(20(28)15(14)2)22(29)25-12-6-9-19-18(13-23)21(24)27(26-19)16-7-4-3-5-8-16/h3-5,7-8,10-11,28H,6,9,12,24H2,1-2H3,(H,25,29). The molecule has 1 heterocycles. The van der Waals surface area contributed by atoms with E-state index in [2.05, 4.69) is 16.5 Å². The third-order valence-corrected chi connectivity index (χ3v) is 4.93. The summed E-state index contributed by atoms with van der Waals surface area (Å²) < 4.78 is 1.56. The second-order valence-electron chi connectivity index (χ2n) is 6.83. The smallest absolute Gasteiger partial charge is 0.255 e. The Morgan fingerprint density at radius 3 is 2.66 bits per heavy atom. The number of nitrogens with one attached hydrogen (secondary N) is 1. The van der Waals surface area contributed by atoms with Crippen molar-refractivity contribution < 1.29 is 9.90 Å². The van der Waals surface area contributed by atoms with Crippen LogP contribution in [0.15, 0.2) is 42.5 Å². The van der Waals surface area contributed by atoms with E-state index in [1.165, 1.54) is 0 Å². The van der Waals surface area contributed by atoms with Crippen LogP contribution < -0.4 is 11.1 Å². The summed E-state index contributed by atoms with van der Waals surface area (Å²) in [4.78, 5) is 12.3. The number of nitrogens with two attached hydrogens (primary N) is 1. The predicted octanol–water partition coefficient (Wildman–Crippen LogP) is 3.01. The van der Waals surface area contributed by atoms with Crippen LogP contribution in [0.3, 0.4) is 0 Å².